The quantitative estimate of drug-likeness (QED) is 0.715. The number of thiophene rings is 1. The van der Waals surface area contributed by atoms with E-state index in [4.69, 9.17) is 5.11 Å². The minimum Gasteiger partial charge on any atom is -0.480 e. The SMILES string of the molecule is CC(C)C[C@H](NC(=O)CNC(=O)c1cc2ccccc2s1)C(=O)O. The normalized spacial score (nSPS) is 12.1. The van der Waals surface area contributed by atoms with Crippen molar-refractivity contribution in [2.45, 2.75) is 26.3 Å². The first-order chi connectivity index (χ1) is 11.4. The Kier molecular flexibility index (Phi) is 5.92. The van der Waals surface area contributed by atoms with E-state index in [1.807, 2.05) is 38.1 Å². The van der Waals surface area contributed by atoms with Crippen LogP contribution in [-0.2, 0) is 9.59 Å². The van der Waals surface area contributed by atoms with Crippen LogP contribution in [0.5, 0.6) is 0 Å². The molecule has 1 atom stereocenters. The molecule has 24 heavy (non-hydrogen) atoms. The summed E-state index contributed by atoms with van der Waals surface area (Å²) in [6.07, 6.45) is 0.339. The van der Waals surface area contributed by atoms with Gasteiger partial charge >= 0.3 is 5.97 Å². The van der Waals surface area contributed by atoms with Crippen molar-refractivity contribution in [2.24, 2.45) is 5.92 Å². The van der Waals surface area contributed by atoms with E-state index in [-0.39, 0.29) is 18.4 Å². The van der Waals surface area contributed by atoms with Crippen molar-refractivity contribution in [2.75, 3.05) is 6.54 Å². The van der Waals surface area contributed by atoms with Crippen molar-refractivity contribution in [1.29, 1.82) is 0 Å². The lowest BCUT2D eigenvalue weighted by Gasteiger charge is -2.16. The van der Waals surface area contributed by atoms with Gasteiger partial charge in [-0.05, 0) is 29.9 Å². The van der Waals surface area contributed by atoms with Gasteiger partial charge in [0.25, 0.3) is 5.91 Å². The van der Waals surface area contributed by atoms with Crippen LogP contribution in [0.15, 0.2) is 30.3 Å². The highest BCUT2D eigenvalue weighted by molar-refractivity contribution is 7.20. The first-order valence-corrected chi connectivity index (χ1v) is 8.47. The van der Waals surface area contributed by atoms with E-state index in [1.165, 1.54) is 11.3 Å². The average molecular weight is 348 g/mol. The smallest absolute Gasteiger partial charge is 0.326 e. The molecule has 0 radical (unpaired) electrons. The van der Waals surface area contributed by atoms with Gasteiger partial charge in [-0.3, -0.25) is 9.59 Å². The predicted molar refractivity (Wildman–Crippen MR) is 93.2 cm³/mol. The Labute approximate surface area is 143 Å². The number of aliphatic carboxylic acids is 1. The van der Waals surface area contributed by atoms with Gasteiger partial charge < -0.3 is 15.7 Å². The van der Waals surface area contributed by atoms with Crippen LogP contribution < -0.4 is 10.6 Å². The Hall–Kier alpha value is -2.41. The summed E-state index contributed by atoms with van der Waals surface area (Å²) in [5, 5.41) is 15.0. The summed E-state index contributed by atoms with van der Waals surface area (Å²) in [6, 6.07) is 8.45. The van der Waals surface area contributed by atoms with Gasteiger partial charge in [0.2, 0.25) is 5.91 Å². The predicted octanol–water partition coefficient (Wildman–Crippen LogP) is 2.25. The summed E-state index contributed by atoms with van der Waals surface area (Å²) in [5.74, 6) is -1.80. The second kappa shape index (κ2) is 7.92. The molecule has 0 saturated heterocycles. The molecular formula is C17H20N2O4S. The third kappa shape index (κ3) is 4.79. The number of benzene rings is 1. The van der Waals surface area contributed by atoms with Crippen LogP contribution in [0.3, 0.4) is 0 Å². The molecule has 0 aliphatic rings. The third-order valence-corrected chi connectivity index (χ3v) is 4.51. The second-order valence-electron chi connectivity index (χ2n) is 5.92. The van der Waals surface area contributed by atoms with E-state index < -0.39 is 17.9 Å². The summed E-state index contributed by atoms with van der Waals surface area (Å²) in [6.45, 7) is 3.51. The molecule has 0 fully saturated rings. The molecule has 1 heterocycles. The molecule has 2 rings (SSSR count). The zero-order chi connectivity index (χ0) is 17.7. The molecule has 3 N–H and O–H groups in total. The lowest BCUT2D eigenvalue weighted by molar-refractivity contribution is -0.142. The molecule has 0 aliphatic heterocycles. The number of carbonyl (C=O) groups is 3. The van der Waals surface area contributed by atoms with Gasteiger partial charge in [-0.2, -0.15) is 0 Å². The summed E-state index contributed by atoms with van der Waals surface area (Å²) in [7, 11) is 0. The topological polar surface area (TPSA) is 95.5 Å². The Morgan fingerprint density at radius 2 is 1.92 bits per heavy atom. The Balaban J connectivity index is 1.90. The van der Waals surface area contributed by atoms with Gasteiger partial charge in [-0.15, -0.1) is 11.3 Å². The third-order valence-electron chi connectivity index (χ3n) is 3.40. The van der Waals surface area contributed by atoms with Gasteiger partial charge in [-0.25, -0.2) is 4.79 Å². The molecule has 0 aliphatic carbocycles. The second-order valence-corrected chi connectivity index (χ2v) is 7.00. The van der Waals surface area contributed by atoms with Crippen LogP contribution in [0.4, 0.5) is 0 Å². The molecule has 6 nitrogen and oxygen atoms in total. The molecule has 128 valence electrons. The molecule has 0 spiro atoms. The van der Waals surface area contributed by atoms with Crippen LogP contribution in [0.2, 0.25) is 0 Å². The highest BCUT2D eigenvalue weighted by Gasteiger charge is 2.21. The van der Waals surface area contributed by atoms with Gasteiger partial charge in [0.15, 0.2) is 0 Å². The van der Waals surface area contributed by atoms with Gasteiger partial charge in [0.05, 0.1) is 11.4 Å². The van der Waals surface area contributed by atoms with Crippen LogP contribution in [-0.4, -0.2) is 35.5 Å². The summed E-state index contributed by atoms with van der Waals surface area (Å²) in [5.41, 5.74) is 0. The van der Waals surface area contributed by atoms with Crippen molar-refractivity contribution in [1.82, 2.24) is 10.6 Å². The largest absolute Gasteiger partial charge is 0.480 e. The molecule has 1 aromatic heterocycles. The molecule has 0 bridgehead atoms. The molecule has 7 heteroatoms. The number of amides is 2. The van der Waals surface area contributed by atoms with Crippen LogP contribution in [0.25, 0.3) is 10.1 Å². The minimum absolute atomic E-state index is 0.138. The fraction of sp³-hybridized carbons (Fsp3) is 0.353. The highest BCUT2D eigenvalue weighted by Crippen LogP contribution is 2.24. The molecular weight excluding hydrogens is 328 g/mol. The number of rotatable bonds is 7. The molecule has 2 aromatic rings. The van der Waals surface area contributed by atoms with Crippen LogP contribution in [0.1, 0.15) is 29.9 Å². The number of carboxylic acids is 1. The Morgan fingerprint density at radius 3 is 2.54 bits per heavy atom. The zero-order valence-corrected chi connectivity index (χ0v) is 14.4. The number of carboxylic acid groups (broad SMARTS) is 1. The molecule has 1 aromatic carbocycles. The maximum atomic E-state index is 12.1. The summed E-state index contributed by atoms with van der Waals surface area (Å²) >= 11 is 1.35. The lowest BCUT2D eigenvalue weighted by Crippen LogP contribution is -2.46. The van der Waals surface area contributed by atoms with Crippen molar-refractivity contribution in [3.05, 3.63) is 35.2 Å². The van der Waals surface area contributed by atoms with Crippen molar-refractivity contribution >= 4 is 39.2 Å². The minimum atomic E-state index is -1.08. The lowest BCUT2D eigenvalue weighted by atomic mass is 10.0. The maximum Gasteiger partial charge on any atom is 0.326 e. The van der Waals surface area contributed by atoms with Gasteiger partial charge in [0, 0.05) is 4.70 Å². The first-order valence-electron chi connectivity index (χ1n) is 7.65. The average Bonchev–Trinajstić information content (AvgIpc) is 2.95. The maximum absolute atomic E-state index is 12.1. The highest BCUT2D eigenvalue weighted by atomic mass is 32.1. The van der Waals surface area contributed by atoms with Crippen LogP contribution >= 0.6 is 11.3 Å². The van der Waals surface area contributed by atoms with Crippen LogP contribution in [0, 0.1) is 5.92 Å². The molecule has 0 unspecified atom stereocenters. The van der Waals surface area contributed by atoms with E-state index in [0.717, 1.165) is 10.1 Å². The van der Waals surface area contributed by atoms with Crippen molar-refractivity contribution in [3.8, 4) is 0 Å². The van der Waals surface area contributed by atoms with Crippen molar-refractivity contribution in [3.63, 3.8) is 0 Å². The molecule has 0 saturated carbocycles. The van der Waals surface area contributed by atoms with Gasteiger partial charge in [-0.1, -0.05) is 32.0 Å². The Bertz CT molecular complexity index is 721. The fourth-order valence-electron chi connectivity index (χ4n) is 2.28. The number of fused-ring (bicyclic) bond motifs is 1. The van der Waals surface area contributed by atoms with E-state index in [9.17, 15) is 14.4 Å². The molecule has 2 amide bonds. The zero-order valence-electron chi connectivity index (χ0n) is 13.5. The van der Waals surface area contributed by atoms with E-state index in [1.54, 1.807) is 6.07 Å². The number of nitrogens with one attached hydrogen (secondary N) is 2. The summed E-state index contributed by atoms with van der Waals surface area (Å²) in [4.78, 5) is 35.6. The van der Waals surface area contributed by atoms with E-state index in [2.05, 4.69) is 10.6 Å². The summed E-state index contributed by atoms with van der Waals surface area (Å²) < 4.78 is 0.995. The first kappa shape index (κ1) is 17.9. The monoisotopic (exact) mass is 348 g/mol. The number of carbonyl (C=O) groups excluding carboxylic acids is 2. The van der Waals surface area contributed by atoms with E-state index in [0.29, 0.717) is 11.3 Å². The Morgan fingerprint density at radius 1 is 1.21 bits per heavy atom. The standard InChI is InChI=1S/C17H20N2O4S/c1-10(2)7-12(17(22)23)19-15(20)9-18-16(21)14-8-11-5-3-4-6-13(11)24-14/h3-6,8,10,12H,7,9H2,1-2H3,(H,18,21)(H,19,20)(H,22,23)/t12-/m0/s1. The number of hydrogen-bond acceptors (Lipinski definition) is 4. The van der Waals surface area contributed by atoms with Gasteiger partial charge in [0.1, 0.15) is 6.04 Å². The number of hydrogen-bond donors (Lipinski definition) is 3. The van der Waals surface area contributed by atoms with E-state index >= 15 is 0 Å². The fourth-order valence-corrected chi connectivity index (χ4v) is 3.26. The van der Waals surface area contributed by atoms with Crippen molar-refractivity contribution < 1.29 is 19.5 Å².